The van der Waals surface area contributed by atoms with Crippen molar-refractivity contribution in [2.75, 3.05) is 0 Å². The van der Waals surface area contributed by atoms with Crippen molar-refractivity contribution < 1.29 is 0 Å². The van der Waals surface area contributed by atoms with Gasteiger partial charge in [0.05, 0.1) is 0 Å². The van der Waals surface area contributed by atoms with E-state index in [2.05, 4.69) is 54.6 Å². The SMILES string of the molecule is [SiH3]CCc1c2ccccc2c(C2=CCCCC2)c2ccccc12. The van der Waals surface area contributed by atoms with Crippen molar-refractivity contribution in [3.63, 3.8) is 0 Å². The molecule has 1 heteroatoms. The molecule has 0 fully saturated rings. The van der Waals surface area contributed by atoms with E-state index in [4.69, 9.17) is 0 Å². The minimum atomic E-state index is 1.21. The Kier molecular flexibility index (Phi) is 4.05. The Morgan fingerprint density at radius 2 is 1.39 bits per heavy atom. The van der Waals surface area contributed by atoms with Crippen LogP contribution in [0.3, 0.4) is 0 Å². The fourth-order valence-corrected chi connectivity index (χ4v) is 4.65. The van der Waals surface area contributed by atoms with Gasteiger partial charge in [0.25, 0.3) is 0 Å². The zero-order valence-corrected chi connectivity index (χ0v) is 15.9. The number of aryl methyl sites for hydroxylation is 1. The van der Waals surface area contributed by atoms with E-state index in [0.717, 1.165) is 0 Å². The van der Waals surface area contributed by atoms with E-state index in [-0.39, 0.29) is 0 Å². The maximum absolute atomic E-state index is 2.49. The molecule has 116 valence electrons. The molecule has 0 saturated heterocycles. The summed E-state index contributed by atoms with van der Waals surface area (Å²) in [6.07, 6.45) is 8.85. The maximum atomic E-state index is 2.49. The molecule has 0 atom stereocenters. The minimum Gasteiger partial charge on any atom is -0.0807 e. The van der Waals surface area contributed by atoms with Crippen LogP contribution in [0.4, 0.5) is 0 Å². The Morgan fingerprint density at radius 1 is 0.783 bits per heavy atom. The number of allylic oxidation sites excluding steroid dienone is 2. The third kappa shape index (κ3) is 2.53. The smallest absolute Gasteiger partial charge is 0.00322 e. The van der Waals surface area contributed by atoms with Crippen molar-refractivity contribution in [1.82, 2.24) is 0 Å². The first-order chi connectivity index (χ1) is 11.4. The Hall–Kier alpha value is -1.86. The Balaban J connectivity index is 2.14. The van der Waals surface area contributed by atoms with Gasteiger partial charge >= 0.3 is 0 Å². The summed E-state index contributed by atoms with van der Waals surface area (Å²) in [4.78, 5) is 0. The number of hydrogen-bond acceptors (Lipinski definition) is 0. The summed E-state index contributed by atoms with van der Waals surface area (Å²) >= 11 is 0. The van der Waals surface area contributed by atoms with Gasteiger partial charge in [0.2, 0.25) is 0 Å². The lowest BCUT2D eigenvalue weighted by Gasteiger charge is -2.20. The van der Waals surface area contributed by atoms with Crippen molar-refractivity contribution in [1.29, 1.82) is 0 Å². The summed E-state index contributed by atoms with van der Waals surface area (Å²) in [7, 11) is 1.27. The fraction of sp³-hybridized carbons (Fsp3) is 0.273. The quantitative estimate of drug-likeness (QED) is 0.456. The van der Waals surface area contributed by atoms with E-state index in [1.807, 2.05) is 0 Å². The zero-order valence-electron chi connectivity index (χ0n) is 13.9. The van der Waals surface area contributed by atoms with Crippen molar-refractivity contribution in [3.05, 3.63) is 65.7 Å². The first-order valence-corrected chi connectivity index (χ1v) is 10.4. The summed E-state index contributed by atoms with van der Waals surface area (Å²) in [6.45, 7) is 0. The second-order valence-electron chi connectivity index (χ2n) is 6.67. The van der Waals surface area contributed by atoms with E-state index in [1.54, 1.807) is 11.1 Å². The molecule has 3 aromatic carbocycles. The van der Waals surface area contributed by atoms with Crippen LogP contribution in [0, 0.1) is 0 Å². The van der Waals surface area contributed by atoms with E-state index in [9.17, 15) is 0 Å². The monoisotopic (exact) mass is 316 g/mol. The van der Waals surface area contributed by atoms with Gasteiger partial charge in [0.1, 0.15) is 0 Å². The Bertz CT molecular complexity index is 832. The fourth-order valence-electron chi connectivity index (χ4n) is 4.15. The van der Waals surface area contributed by atoms with Crippen LogP contribution >= 0.6 is 0 Å². The number of benzene rings is 3. The molecule has 0 spiro atoms. The largest absolute Gasteiger partial charge is 0.0807 e. The molecule has 0 aromatic heterocycles. The summed E-state index contributed by atoms with van der Waals surface area (Å²) in [5.74, 6) is 0. The molecule has 0 bridgehead atoms. The lowest BCUT2D eigenvalue weighted by molar-refractivity contribution is 0.743. The molecule has 0 amide bonds. The number of rotatable bonds is 3. The molecule has 3 aromatic rings. The average Bonchev–Trinajstić information content (AvgIpc) is 2.62. The Morgan fingerprint density at radius 3 is 1.91 bits per heavy atom. The molecular formula is C22H24Si. The Labute approximate surface area is 141 Å². The van der Waals surface area contributed by atoms with Crippen LogP contribution in [-0.2, 0) is 6.42 Å². The second-order valence-corrected chi connectivity index (χ2v) is 7.67. The average molecular weight is 317 g/mol. The summed E-state index contributed by atoms with van der Waals surface area (Å²) in [5.41, 5.74) is 4.64. The highest BCUT2D eigenvalue weighted by molar-refractivity contribution is 6.13. The molecule has 0 saturated carbocycles. The highest BCUT2D eigenvalue weighted by atomic mass is 28.1. The zero-order chi connectivity index (χ0) is 15.6. The van der Waals surface area contributed by atoms with Crippen molar-refractivity contribution in [2.24, 2.45) is 0 Å². The first-order valence-electron chi connectivity index (χ1n) is 9.02. The van der Waals surface area contributed by atoms with Gasteiger partial charge < -0.3 is 0 Å². The lowest BCUT2D eigenvalue weighted by Crippen LogP contribution is -1.98. The van der Waals surface area contributed by atoms with Crippen LogP contribution < -0.4 is 0 Å². The van der Waals surface area contributed by atoms with E-state index in [0.29, 0.717) is 0 Å². The maximum Gasteiger partial charge on any atom is 0.00322 e. The normalized spacial score (nSPS) is 15.2. The lowest BCUT2D eigenvalue weighted by atomic mass is 9.84. The van der Waals surface area contributed by atoms with E-state index >= 15 is 0 Å². The van der Waals surface area contributed by atoms with Crippen LogP contribution in [0.1, 0.15) is 36.8 Å². The minimum absolute atomic E-state index is 1.21. The molecule has 1 aliphatic carbocycles. The van der Waals surface area contributed by atoms with Gasteiger partial charge in [0.15, 0.2) is 0 Å². The van der Waals surface area contributed by atoms with Gasteiger partial charge in [0, 0.05) is 10.2 Å². The molecule has 0 nitrogen and oxygen atoms in total. The second kappa shape index (κ2) is 6.33. The molecule has 0 heterocycles. The summed E-state index contributed by atoms with van der Waals surface area (Å²) in [5, 5.41) is 5.88. The van der Waals surface area contributed by atoms with Crippen LogP contribution in [-0.4, -0.2) is 10.2 Å². The van der Waals surface area contributed by atoms with Crippen LogP contribution in [0.15, 0.2) is 54.6 Å². The third-order valence-electron chi connectivity index (χ3n) is 5.16. The first kappa shape index (κ1) is 14.7. The molecule has 23 heavy (non-hydrogen) atoms. The van der Waals surface area contributed by atoms with Crippen LogP contribution in [0.5, 0.6) is 0 Å². The highest BCUT2D eigenvalue weighted by Gasteiger charge is 2.16. The highest BCUT2D eigenvalue weighted by Crippen LogP contribution is 2.40. The molecule has 0 aliphatic heterocycles. The topological polar surface area (TPSA) is 0 Å². The van der Waals surface area contributed by atoms with Gasteiger partial charge in [-0.1, -0.05) is 60.7 Å². The van der Waals surface area contributed by atoms with Gasteiger partial charge in [-0.2, -0.15) is 0 Å². The molecule has 4 rings (SSSR count). The van der Waals surface area contributed by atoms with Gasteiger partial charge in [-0.05, 0) is 70.3 Å². The number of hydrogen-bond donors (Lipinski definition) is 0. The van der Waals surface area contributed by atoms with Crippen LogP contribution in [0.2, 0.25) is 6.04 Å². The summed E-state index contributed by atoms with van der Waals surface area (Å²) in [6, 6.07) is 19.5. The molecule has 1 aliphatic rings. The van der Waals surface area contributed by atoms with Crippen molar-refractivity contribution in [2.45, 2.75) is 38.1 Å². The molecule has 0 N–H and O–H groups in total. The summed E-state index contributed by atoms with van der Waals surface area (Å²) < 4.78 is 0. The van der Waals surface area contributed by atoms with Crippen molar-refractivity contribution >= 4 is 37.4 Å². The number of fused-ring (bicyclic) bond motifs is 2. The van der Waals surface area contributed by atoms with Gasteiger partial charge in [-0.25, -0.2) is 0 Å². The predicted molar refractivity (Wildman–Crippen MR) is 106 cm³/mol. The molecule has 0 radical (unpaired) electrons. The van der Waals surface area contributed by atoms with Gasteiger partial charge in [-0.15, -0.1) is 0 Å². The standard InChI is InChI=1S/C22H24Si/c23-15-14-19-17-10-4-6-12-20(17)22(16-8-2-1-3-9-16)21-13-7-5-11-18(19)21/h4-8,10-13H,1-3,9,14-15H2,23H3. The van der Waals surface area contributed by atoms with Crippen molar-refractivity contribution in [3.8, 4) is 0 Å². The molecule has 0 unspecified atom stereocenters. The predicted octanol–water partition coefficient (Wildman–Crippen LogP) is 5.28. The van der Waals surface area contributed by atoms with E-state index < -0.39 is 0 Å². The van der Waals surface area contributed by atoms with Gasteiger partial charge in [-0.3, -0.25) is 0 Å². The van der Waals surface area contributed by atoms with E-state index in [1.165, 1.54) is 75.5 Å². The third-order valence-corrected chi connectivity index (χ3v) is 5.66. The molecular weight excluding hydrogens is 292 g/mol. The van der Waals surface area contributed by atoms with Crippen LogP contribution in [0.25, 0.3) is 27.1 Å².